The van der Waals surface area contributed by atoms with Gasteiger partial charge < -0.3 is 0 Å². The molecule has 0 bridgehead atoms. The molecule has 0 saturated carbocycles. The quantitative estimate of drug-likeness (QED) is 0.593. The van der Waals surface area contributed by atoms with Crippen LogP contribution in [-0.2, 0) is 5.41 Å². The number of hydrogen-bond acceptors (Lipinski definition) is 1. The molecule has 1 aliphatic carbocycles. The molecule has 0 spiro atoms. The van der Waals surface area contributed by atoms with E-state index >= 15 is 0 Å². The topological polar surface area (TPSA) is 23.8 Å². The first-order chi connectivity index (χ1) is 6.37. The molecule has 0 aliphatic heterocycles. The Labute approximate surface area is 78.3 Å². The van der Waals surface area contributed by atoms with Crippen molar-refractivity contribution in [2.75, 3.05) is 0 Å². The lowest BCUT2D eigenvalue weighted by Gasteiger charge is -2.20. The smallest absolute Gasteiger partial charge is 0.0890 e. The van der Waals surface area contributed by atoms with Crippen LogP contribution in [0.4, 0.5) is 0 Å². The minimum Gasteiger partial charge on any atom is -0.197 e. The molecule has 0 saturated heterocycles. The SMILES string of the molecule is N#CC1(c2ccccc2)CC=CC1. The van der Waals surface area contributed by atoms with Crippen molar-refractivity contribution in [2.45, 2.75) is 18.3 Å². The van der Waals surface area contributed by atoms with Gasteiger partial charge in [-0.05, 0) is 18.4 Å². The summed E-state index contributed by atoms with van der Waals surface area (Å²) in [5.41, 5.74) is 0.865. The molecule has 64 valence electrons. The van der Waals surface area contributed by atoms with Gasteiger partial charge in [0.25, 0.3) is 0 Å². The van der Waals surface area contributed by atoms with Gasteiger partial charge >= 0.3 is 0 Å². The van der Waals surface area contributed by atoms with Gasteiger partial charge in [-0.2, -0.15) is 5.26 Å². The van der Waals surface area contributed by atoms with Gasteiger partial charge in [-0.15, -0.1) is 0 Å². The molecule has 0 radical (unpaired) electrons. The Morgan fingerprint density at radius 3 is 2.23 bits per heavy atom. The molecule has 0 fully saturated rings. The highest BCUT2D eigenvalue weighted by atomic mass is 14.4. The second-order valence-electron chi connectivity index (χ2n) is 3.44. The maximum Gasteiger partial charge on any atom is 0.0890 e. The van der Waals surface area contributed by atoms with Gasteiger partial charge in [0.1, 0.15) is 0 Å². The van der Waals surface area contributed by atoms with Crippen LogP contribution in [0.15, 0.2) is 42.5 Å². The molecule has 1 aromatic carbocycles. The summed E-state index contributed by atoms with van der Waals surface area (Å²) in [6.45, 7) is 0. The van der Waals surface area contributed by atoms with E-state index in [0.29, 0.717) is 0 Å². The Bertz CT molecular complexity index is 348. The molecule has 13 heavy (non-hydrogen) atoms. The van der Waals surface area contributed by atoms with E-state index in [1.54, 1.807) is 0 Å². The lowest BCUT2D eigenvalue weighted by molar-refractivity contribution is 0.596. The summed E-state index contributed by atoms with van der Waals surface area (Å²) in [6, 6.07) is 12.5. The predicted molar refractivity (Wildman–Crippen MR) is 52.1 cm³/mol. The van der Waals surface area contributed by atoms with Crippen LogP contribution in [0.5, 0.6) is 0 Å². The lowest BCUT2D eigenvalue weighted by atomic mass is 9.80. The van der Waals surface area contributed by atoms with Crippen LogP contribution < -0.4 is 0 Å². The van der Waals surface area contributed by atoms with E-state index < -0.39 is 0 Å². The largest absolute Gasteiger partial charge is 0.197 e. The highest BCUT2D eigenvalue weighted by molar-refractivity contribution is 5.36. The third-order valence-electron chi connectivity index (χ3n) is 2.64. The van der Waals surface area contributed by atoms with Crippen molar-refractivity contribution in [3.8, 4) is 6.07 Å². The first-order valence-corrected chi connectivity index (χ1v) is 4.49. The number of hydrogen-bond donors (Lipinski definition) is 0. The second-order valence-corrected chi connectivity index (χ2v) is 3.44. The molecule has 1 aromatic rings. The number of nitrogens with zero attached hydrogens (tertiary/aromatic N) is 1. The van der Waals surface area contributed by atoms with Gasteiger partial charge in [-0.3, -0.25) is 0 Å². The maximum atomic E-state index is 9.18. The number of allylic oxidation sites excluding steroid dienone is 2. The summed E-state index contributed by atoms with van der Waals surface area (Å²) < 4.78 is 0. The highest BCUT2D eigenvalue weighted by Crippen LogP contribution is 2.35. The van der Waals surface area contributed by atoms with E-state index in [1.165, 1.54) is 0 Å². The molecule has 1 nitrogen and oxygen atoms in total. The summed E-state index contributed by atoms with van der Waals surface area (Å²) in [6.07, 6.45) is 5.90. The number of rotatable bonds is 1. The van der Waals surface area contributed by atoms with Gasteiger partial charge in [-0.25, -0.2) is 0 Å². The van der Waals surface area contributed by atoms with Crippen LogP contribution in [0, 0.1) is 11.3 Å². The van der Waals surface area contributed by atoms with Crippen molar-refractivity contribution in [1.29, 1.82) is 5.26 Å². The van der Waals surface area contributed by atoms with E-state index in [1.807, 2.05) is 30.3 Å². The zero-order valence-corrected chi connectivity index (χ0v) is 7.40. The molecule has 0 amide bonds. The predicted octanol–water partition coefficient (Wildman–Crippen LogP) is 2.80. The van der Waals surface area contributed by atoms with E-state index in [4.69, 9.17) is 0 Å². The molecule has 1 heteroatoms. The molecular formula is C12H11N. The van der Waals surface area contributed by atoms with Gasteiger partial charge in [0, 0.05) is 0 Å². The summed E-state index contributed by atoms with van der Waals surface area (Å²) in [5.74, 6) is 0. The van der Waals surface area contributed by atoms with Crippen molar-refractivity contribution < 1.29 is 0 Å². The lowest BCUT2D eigenvalue weighted by Crippen LogP contribution is -2.19. The molecule has 0 aromatic heterocycles. The summed E-state index contributed by atoms with van der Waals surface area (Å²) in [7, 11) is 0. The van der Waals surface area contributed by atoms with E-state index in [9.17, 15) is 5.26 Å². The molecular weight excluding hydrogens is 158 g/mol. The monoisotopic (exact) mass is 169 g/mol. The second kappa shape index (κ2) is 3.06. The van der Waals surface area contributed by atoms with Crippen molar-refractivity contribution in [3.63, 3.8) is 0 Å². The fourth-order valence-electron chi connectivity index (χ4n) is 1.80. The summed E-state index contributed by atoms with van der Waals surface area (Å²) in [4.78, 5) is 0. The van der Waals surface area contributed by atoms with Gasteiger partial charge in [0.15, 0.2) is 0 Å². The third kappa shape index (κ3) is 1.25. The summed E-state index contributed by atoms with van der Waals surface area (Å²) in [5, 5.41) is 9.18. The average Bonchev–Trinajstić information content (AvgIpc) is 2.69. The Kier molecular flexibility index (Phi) is 1.90. The molecule has 0 unspecified atom stereocenters. The molecule has 0 N–H and O–H groups in total. The van der Waals surface area contributed by atoms with Crippen molar-refractivity contribution >= 4 is 0 Å². The van der Waals surface area contributed by atoms with E-state index in [0.717, 1.165) is 18.4 Å². The van der Waals surface area contributed by atoms with E-state index in [-0.39, 0.29) is 5.41 Å². The van der Waals surface area contributed by atoms with Crippen LogP contribution in [0.2, 0.25) is 0 Å². The van der Waals surface area contributed by atoms with Crippen molar-refractivity contribution in [3.05, 3.63) is 48.0 Å². The minimum absolute atomic E-state index is 0.277. The minimum atomic E-state index is -0.277. The van der Waals surface area contributed by atoms with Crippen LogP contribution in [0.3, 0.4) is 0 Å². The third-order valence-corrected chi connectivity index (χ3v) is 2.64. The zero-order valence-electron chi connectivity index (χ0n) is 7.40. The summed E-state index contributed by atoms with van der Waals surface area (Å²) >= 11 is 0. The molecule has 0 heterocycles. The van der Waals surface area contributed by atoms with Gasteiger partial charge in [0.2, 0.25) is 0 Å². The maximum absolute atomic E-state index is 9.18. The van der Waals surface area contributed by atoms with Crippen molar-refractivity contribution in [1.82, 2.24) is 0 Å². The molecule has 1 aliphatic rings. The first-order valence-electron chi connectivity index (χ1n) is 4.49. The number of nitriles is 1. The van der Waals surface area contributed by atoms with E-state index in [2.05, 4.69) is 18.2 Å². The average molecular weight is 169 g/mol. The Morgan fingerprint density at radius 1 is 1.08 bits per heavy atom. The van der Waals surface area contributed by atoms with Crippen LogP contribution in [0.1, 0.15) is 18.4 Å². The number of benzene rings is 1. The highest BCUT2D eigenvalue weighted by Gasteiger charge is 2.32. The Morgan fingerprint density at radius 2 is 1.69 bits per heavy atom. The van der Waals surface area contributed by atoms with Gasteiger partial charge in [-0.1, -0.05) is 42.5 Å². The molecule has 0 atom stereocenters. The zero-order chi connectivity index (χ0) is 9.15. The first kappa shape index (κ1) is 8.07. The fraction of sp³-hybridized carbons (Fsp3) is 0.250. The van der Waals surface area contributed by atoms with Crippen LogP contribution in [0.25, 0.3) is 0 Å². The Hall–Kier alpha value is -1.55. The normalized spacial score (nSPS) is 18.4. The fourth-order valence-corrected chi connectivity index (χ4v) is 1.80. The molecule has 2 rings (SSSR count). The van der Waals surface area contributed by atoms with Crippen molar-refractivity contribution in [2.24, 2.45) is 0 Å². The standard InChI is InChI=1S/C12H11N/c13-10-12(8-4-5-9-12)11-6-2-1-3-7-11/h1-7H,8-9H2. The Balaban J connectivity index is 2.40. The van der Waals surface area contributed by atoms with Crippen LogP contribution >= 0.6 is 0 Å². The van der Waals surface area contributed by atoms with Gasteiger partial charge in [0.05, 0.1) is 11.5 Å². The van der Waals surface area contributed by atoms with Crippen LogP contribution in [-0.4, -0.2) is 0 Å².